The first-order valence-electron chi connectivity index (χ1n) is 6.30. The van der Waals surface area contributed by atoms with Gasteiger partial charge in [-0.15, -0.1) is 12.4 Å². The van der Waals surface area contributed by atoms with E-state index in [1.807, 2.05) is 31.2 Å². The third kappa shape index (κ3) is 4.27. The topological polar surface area (TPSA) is 79.5 Å². The highest BCUT2D eigenvalue weighted by Crippen LogP contribution is 2.17. The number of carboxylic acid groups (broad SMARTS) is 1. The Bertz CT molecular complexity index is 615. The van der Waals surface area contributed by atoms with Crippen LogP contribution in [0.1, 0.15) is 18.4 Å². The zero-order valence-corrected chi connectivity index (χ0v) is 12.9. The van der Waals surface area contributed by atoms with Gasteiger partial charge < -0.3 is 9.63 Å². The van der Waals surface area contributed by atoms with Crippen LogP contribution in [0.5, 0.6) is 0 Å². The third-order valence-corrected chi connectivity index (χ3v) is 3.15. The van der Waals surface area contributed by atoms with Crippen molar-refractivity contribution in [3.05, 3.63) is 35.7 Å². The summed E-state index contributed by atoms with van der Waals surface area (Å²) in [6, 6.07) is 7.19. The molecule has 0 aliphatic rings. The molecular weight excluding hydrogens is 294 g/mol. The molecule has 1 aromatic carbocycles. The summed E-state index contributed by atoms with van der Waals surface area (Å²) < 4.78 is 5.16. The first kappa shape index (κ1) is 17.1. The van der Waals surface area contributed by atoms with Crippen LogP contribution in [0.4, 0.5) is 0 Å². The van der Waals surface area contributed by atoms with Crippen molar-refractivity contribution in [2.75, 3.05) is 7.05 Å². The van der Waals surface area contributed by atoms with Crippen molar-refractivity contribution in [2.24, 2.45) is 0 Å². The molecule has 0 radical (unpaired) electrons. The summed E-state index contributed by atoms with van der Waals surface area (Å²) in [5.41, 5.74) is 2.00. The Morgan fingerprint density at radius 2 is 2.19 bits per heavy atom. The molecule has 0 aliphatic heterocycles. The number of likely N-dealkylation sites (N-methyl/N-ethyl adjacent to an activating group) is 1. The van der Waals surface area contributed by atoms with Gasteiger partial charge in [0.1, 0.15) is 6.04 Å². The molecule has 0 bridgehead atoms. The van der Waals surface area contributed by atoms with E-state index in [0.717, 1.165) is 11.1 Å². The maximum absolute atomic E-state index is 10.9. The molecule has 114 valence electrons. The molecule has 1 atom stereocenters. The van der Waals surface area contributed by atoms with Gasteiger partial charge >= 0.3 is 5.97 Å². The highest BCUT2D eigenvalue weighted by molar-refractivity contribution is 5.85. The molecule has 0 saturated carbocycles. The van der Waals surface area contributed by atoms with E-state index in [-0.39, 0.29) is 12.4 Å². The van der Waals surface area contributed by atoms with Gasteiger partial charge in [-0.1, -0.05) is 28.9 Å². The van der Waals surface area contributed by atoms with Gasteiger partial charge in [0.15, 0.2) is 0 Å². The summed E-state index contributed by atoms with van der Waals surface area (Å²) in [5, 5.41) is 12.9. The van der Waals surface area contributed by atoms with Crippen molar-refractivity contribution in [1.82, 2.24) is 15.0 Å². The molecule has 7 heteroatoms. The fourth-order valence-electron chi connectivity index (χ4n) is 1.76. The number of nitrogens with zero attached hydrogens (tertiary/aromatic N) is 3. The number of aryl methyl sites for hydroxylation is 1. The standard InChI is InChI=1S/C14H17N3O3.ClH/c1-9-5-4-6-11(7-9)13-15-12(20-16-13)8-17(3)10(2)14(18)19;/h4-7,10H,8H2,1-3H3,(H,18,19);1H. The molecule has 1 heterocycles. The number of aliphatic carboxylic acids is 1. The second-order valence-corrected chi connectivity index (χ2v) is 4.81. The molecule has 2 aromatic rings. The molecule has 21 heavy (non-hydrogen) atoms. The maximum atomic E-state index is 10.9. The van der Waals surface area contributed by atoms with E-state index >= 15 is 0 Å². The number of aromatic nitrogens is 2. The molecule has 0 saturated heterocycles. The quantitative estimate of drug-likeness (QED) is 0.913. The highest BCUT2D eigenvalue weighted by Gasteiger charge is 2.19. The zero-order valence-electron chi connectivity index (χ0n) is 12.1. The van der Waals surface area contributed by atoms with Crippen molar-refractivity contribution in [2.45, 2.75) is 26.4 Å². The minimum Gasteiger partial charge on any atom is -0.480 e. The molecule has 2 rings (SSSR count). The van der Waals surface area contributed by atoms with Crippen LogP contribution in [-0.2, 0) is 11.3 Å². The average molecular weight is 312 g/mol. The van der Waals surface area contributed by atoms with Crippen LogP contribution >= 0.6 is 12.4 Å². The molecule has 1 N–H and O–H groups in total. The fourth-order valence-corrected chi connectivity index (χ4v) is 1.76. The Kier molecular flexibility index (Phi) is 5.87. The molecule has 6 nitrogen and oxygen atoms in total. The molecule has 1 unspecified atom stereocenters. The number of carboxylic acids is 1. The molecular formula is C14H18ClN3O3. The van der Waals surface area contributed by atoms with Crippen LogP contribution in [0.25, 0.3) is 11.4 Å². The van der Waals surface area contributed by atoms with Crippen LogP contribution in [0.2, 0.25) is 0 Å². The number of hydrogen-bond donors (Lipinski definition) is 1. The summed E-state index contributed by atoms with van der Waals surface area (Å²) in [5.74, 6) is 0.0307. The lowest BCUT2D eigenvalue weighted by molar-refractivity contribution is -0.142. The Hall–Kier alpha value is -1.92. The third-order valence-electron chi connectivity index (χ3n) is 3.15. The van der Waals surface area contributed by atoms with E-state index < -0.39 is 12.0 Å². The summed E-state index contributed by atoms with van der Waals surface area (Å²) >= 11 is 0. The largest absolute Gasteiger partial charge is 0.480 e. The molecule has 0 amide bonds. The van der Waals surface area contributed by atoms with Gasteiger partial charge in [0.05, 0.1) is 6.54 Å². The van der Waals surface area contributed by atoms with Crippen LogP contribution in [0, 0.1) is 6.92 Å². The summed E-state index contributed by atoms with van der Waals surface area (Å²) in [6.45, 7) is 3.90. The predicted octanol–water partition coefficient (Wildman–Crippen LogP) is 2.37. The van der Waals surface area contributed by atoms with E-state index in [4.69, 9.17) is 9.63 Å². The fraction of sp³-hybridized carbons (Fsp3) is 0.357. The van der Waals surface area contributed by atoms with Gasteiger partial charge in [0.25, 0.3) is 0 Å². The summed E-state index contributed by atoms with van der Waals surface area (Å²) in [4.78, 5) is 16.8. The second kappa shape index (κ2) is 7.19. The normalized spacial score (nSPS) is 12.0. The van der Waals surface area contributed by atoms with Crippen LogP contribution in [-0.4, -0.2) is 39.2 Å². The van der Waals surface area contributed by atoms with Crippen LogP contribution < -0.4 is 0 Å². The van der Waals surface area contributed by atoms with Crippen LogP contribution in [0.3, 0.4) is 0 Å². The van der Waals surface area contributed by atoms with Crippen molar-refractivity contribution >= 4 is 18.4 Å². The first-order chi connectivity index (χ1) is 9.47. The van der Waals surface area contributed by atoms with E-state index in [0.29, 0.717) is 18.3 Å². The summed E-state index contributed by atoms with van der Waals surface area (Å²) in [7, 11) is 1.70. The number of hydrogen-bond acceptors (Lipinski definition) is 5. The van der Waals surface area contributed by atoms with Gasteiger partial charge in [-0.3, -0.25) is 9.69 Å². The van der Waals surface area contributed by atoms with Gasteiger partial charge in [-0.25, -0.2) is 0 Å². The van der Waals surface area contributed by atoms with Gasteiger partial charge in [-0.2, -0.15) is 4.98 Å². The van der Waals surface area contributed by atoms with Crippen molar-refractivity contribution in [3.8, 4) is 11.4 Å². The highest BCUT2D eigenvalue weighted by atomic mass is 35.5. The Labute approximate surface area is 129 Å². The maximum Gasteiger partial charge on any atom is 0.320 e. The van der Waals surface area contributed by atoms with Gasteiger partial charge in [0.2, 0.25) is 11.7 Å². The van der Waals surface area contributed by atoms with E-state index in [1.165, 1.54) is 0 Å². The Balaban J connectivity index is 0.00000220. The minimum atomic E-state index is -0.883. The Morgan fingerprint density at radius 3 is 2.81 bits per heavy atom. The lowest BCUT2D eigenvalue weighted by Gasteiger charge is -2.18. The first-order valence-corrected chi connectivity index (χ1v) is 6.30. The molecule has 0 spiro atoms. The predicted molar refractivity (Wildman–Crippen MR) is 80.3 cm³/mol. The number of carbonyl (C=O) groups is 1. The van der Waals surface area contributed by atoms with E-state index in [1.54, 1.807) is 18.9 Å². The van der Waals surface area contributed by atoms with E-state index in [9.17, 15) is 4.79 Å². The number of benzene rings is 1. The zero-order chi connectivity index (χ0) is 14.7. The summed E-state index contributed by atoms with van der Waals surface area (Å²) in [6.07, 6.45) is 0. The molecule has 0 aliphatic carbocycles. The van der Waals surface area contributed by atoms with Crippen molar-refractivity contribution in [3.63, 3.8) is 0 Å². The number of halogens is 1. The van der Waals surface area contributed by atoms with Crippen molar-refractivity contribution in [1.29, 1.82) is 0 Å². The second-order valence-electron chi connectivity index (χ2n) is 4.81. The van der Waals surface area contributed by atoms with E-state index in [2.05, 4.69) is 10.1 Å². The SMILES string of the molecule is Cc1cccc(-c2noc(CN(C)C(C)C(=O)O)n2)c1.Cl. The molecule has 1 aromatic heterocycles. The smallest absolute Gasteiger partial charge is 0.320 e. The Morgan fingerprint density at radius 1 is 1.48 bits per heavy atom. The van der Waals surface area contributed by atoms with Gasteiger partial charge in [0, 0.05) is 5.56 Å². The van der Waals surface area contributed by atoms with Gasteiger partial charge in [-0.05, 0) is 27.0 Å². The monoisotopic (exact) mass is 311 g/mol. The lowest BCUT2D eigenvalue weighted by Crippen LogP contribution is -2.35. The lowest BCUT2D eigenvalue weighted by atomic mass is 10.1. The minimum absolute atomic E-state index is 0. The van der Waals surface area contributed by atoms with Crippen LogP contribution in [0.15, 0.2) is 28.8 Å². The van der Waals surface area contributed by atoms with Crippen molar-refractivity contribution < 1.29 is 14.4 Å². The number of rotatable bonds is 5. The average Bonchev–Trinajstić information content (AvgIpc) is 2.86. The molecule has 0 fully saturated rings.